The van der Waals surface area contributed by atoms with Gasteiger partial charge in [0.1, 0.15) is 36.1 Å². The first-order valence-electron chi connectivity index (χ1n) is 22.4. The highest BCUT2D eigenvalue weighted by molar-refractivity contribution is 5.89. The molecule has 6 aromatic rings. The van der Waals surface area contributed by atoms with Crippen LogP contribution in [0.2, 0.25) is 0 Å². The van der Waals surface area contributed by atoms with Crippen LogP contribution in [0.15, 0.2) is 91.1 Å². The first kappa shape index (κ1) is 44.0. The summed E-state index contributed by atoms with van der Waals surface area (Å²) in [6.07, 6.45) is 3.69. The maximum atomic E-state index is 14.4. The SMILES string of the molecule is CC[C@@H]1CC[C@@H](c2nc3ccc(-c4ccc5c(c4)COc4cc(-c6cnc([C@@H]7CCCN7C(=O)C(NC(=O)OC)[C@@H](C)OC)[nH]6)ccc4-5)cc3[nH]2)N1C(=O)[C@H](NC(=O)OC)c1ccccc1. The molecule has 4 aromatic carbocycles. The van der Waals surface area contributed by atoms with Crippen LogP contribution in [-0.2, 0) is 30.4 Å². The minimum atomic E-state index is -0.912. The smallest absolute Gasteiger partial charge is 0.407 e. The molecule has 2 saturated heterocycles. The Kier molecular flexibility index (Phi) is 12.5. The van der Waals surface area contributed by atoms with Crippen LogP contribution in [0.1, 0.15) is 86.9 Å². The van der Waals surface area contributed by atoms with Crippen molar-refractivity contribution in [2.24, 2.45) is 0 Å². The molecule has 0 aliphatic carbocycles. The van der Waals surface area contributed by atoms with Gasteiger partial charge in [0.15, 0.2) is 0 Å². The summed E-state index contributed by atoms with van der Waals surface area (Å²) < 4.78 is 21.5. The van der Waals surface area contributed by atoms with Gasteiger partial charge in [-0.25, -0.2) is 19.6 Å². The lowest BCUT2D eigenvalue weighted by molar-refractivity contribution is -0.138. The predicted octanol–water partition coefficient (Wildman–Crippen LogP) is 8.14. The van der Waals surface area contributed by atoms with Crippen molar-refractivity contribution >= 4 is 35.0 Å². The van der Waals surface area contributed by atoms with Crippen molar-refractivity contribution in [3.63, 3.8) is 0 Å². The molecule has 16 nitrogen and oxygen atoms in total. The second kappa shape index (κ2) is 18.7. The fourth-order valence-electron chi connectivity index (χ4n) is 9.70. The standard InChI is InChI=1S/C50H54N8O8/c1-6-34-17-21-41(58(34)48(60)44(56-50(62)65-5)29-11-8-7-9-12-29)46-52-37-20-16-31(24-38(37)53-46)30-14-18-35-33(23-30)27-66-42-25-32(15-19-36(35)42)39-26-51-45(54-39)40-13-10-22-57(40)47(59)43(28(2)63-3)55-49(61)64-4/h7-9,11-12,14-16,18-20,23-26,28,34,40-41,43-44H,6,10,13,17,21-22,27H2,1-5H3,(H,51,54)(H,52,53)(H,55,61)(H,56,62)/t28-,34-,40+,41+,43?,44-/m1/s1. The van der Waals surface area contributed by atoms with Gasteiger partial charge in [-0.2, -0.15) is 0 Å². The van der Waals surface area contributed by atoms with E-state index < -0.39 is 30.4 Å². The number of ether oxygens (including phenoxy) is 4. The van der Waals surface area contributed by atoms with Gasteiger partial charge in [-0.3, -0.25) is 9.59 Å². The van der Waals surface area contributed by atoms with E-state index in [0.29, 0.717) is 30.4 Å². The molecule has 0 bridgehead atoms. The summed E-state index contributed by atoms with van der Waals surface area (Å²) in [7, 11) is 4.05. The molecule has 6 atom stereocenters. The van der Waals surface area contributed by atoms with Gasteiger partial charge in [-0.05, 0) is 97.2 Å². The number of hydrogen-bond donors (Lipinski definition) is 4. The average Bonchev–Trinajstić information content (AvgIpc) is 4.20. The van der Waals surface area contributed by atoms with Crippen molar-refractivity contribution in [1.29, 1.82) is 0 Å². The number of amides is 4. The minimum Gasteiger partial charge on any atom is -0.488 e. The van der Waals surface area contributed by atoms with Crippen LogP contribution < -0.4 is 15.4 Å². The van der Waals surface area contributed by atoms with E-state index in [-0.39, 0.29) is 29.9 Å². The maximum Gasteiger partial charge on any atom is 0.407 e. The number of imidazole rings is 2. The number of fused-ring (bicyclic) bond motifs is 4. The van der Waals surface area contributed by atoms with Crippen molar-refractivity contribution in [3.05, 3.63) is 114 Å². The van der Waals surface area contributed by atoms with Crippen LogP contribution in [0.3, 0.4) is 0 Å². The number of carbonyl (C=O) groups is 4. The Labute approximate surface area is 382 Å². The lowest BCUT2D eigenvalue weighted by atomic mass is 9.92. The molecule has 3 aliphatic rings. The fraction of sp³-hybridized carbons (Fsp3) is 0.360. The van der Waals surface area contributed by atoms with Gasteiger partial charge in [-0.1, -0.05) is 61.5 Å². The molecule has 16 heteroatoms. The largest absolute Gasteiger partial charge is 0.488 e. The molecule has 2 fully saturated rings. The van der Waals surface area contributed by atoms with Crippen molar-refractivity contribution in [2.75, 3.05) is 27.9 Å². The minimum absolute atomic E-state index is 0.0134. The number of methoxy groups -OCH3 is 3. The molecule has 4 N–H and O–H groups in total. The summed E-state index contributed by atoms with van der Waals surface area (Å²) in [6, 6.07) is 25.5. The summed E-state index contributed by atoms with van der Waals surface area (Å²) in [5.41, 5.74) is 9.24. The third kappa shape index (κ3) is 8.43. The van der Waals surface area contributed by atoms with Gasteiger partial charge in [0.2, 0.25) is 5.91 Å². The monoisotopic (exact) mass is 894 g/mol. The number of carbonyl (C=O) groups excluding carboxylic acids is 4. The lowest BCUT2D eigenvalue weighted by Crippen LogP contribution is -2.54. The van der Waals surface area contributed by atoms with Gasteiger partial charge in [-0.15, -0.1) is 0 Å². The third-order valence-electron chi connectivity index (χ3n) is 13.3. The van der Waals surface area contributed by atoms with E-state index in [0.717, 1.165) is 88.0 Å². The molecule has 0 radical (unpaired) electrons. The zero-order chi connectivity index (χ0) is 46.1. The van der Waals surface area contributed by atoms with E-state index in [9.17, 15) is 19.2 Å². The highest BCUT2D eigenvalue weighted by Crippen LogP contribution is 2.43. The number of alkyl carbamates (subject to hydrolysis) is 2. The van der Waals surface area contributed by atoms with E-state index in [1.807, 2.05) is 53.4 Å². The van der Waals surface area contributed by atoms with Crippen LogP contribution >= 0.6 is 0 Å². The zero-order valence-corrected chi connectivity index (χ0v) is 37.6. The average molecular weight is 895 g/mol. The van der Waals surface area contributed by atoms with E-state index in [4.69, 9.17) is 28.9 Å². The normalized spacial score (nSPS) is 19.0. The van der Waals surface area contributed by atoms with Crippen molar-refractivity contribution in [1.82, 2.24) is 40.4 Å². The van der Waals surface area contributed by atoms with Crippen LogP contribution in [0.5, 0.6) is 5.75 Å². The van der Waals surface area contributed by atoms with E-state index in [1.165, 1.54) is 21.3 Å². The molecule has 9 rings (SSSR count). The Balaban J connectivity index is 0.920. The lowest BCUT2D eigenvalue weighted by Gasteiger charge is -2.32. The number of benzene rings is 4. The highest BCUT2D eigenvalue weighted by Gasteiger charge is 2.42. The van der Waals surface area contributed by atoms with Crippen LogP contribution in [0.25, 0.3) is 44.5 Å². The second-order valence-electron chi connectivity index (χ2n) is 17.0. The molecule has 3 aliphatic heterocycles. The Hall–Kier alpha value is -7.20. The van der Waals surface area contributed by atoms with Crippen LogP contribution in [-0.4, -0.2) is 99.8 Å². The number of nitrogens with zero attached hydrogens (tertiary/aromatic N) is 4. The van der Waals surface area contributed by atoms with Crippen molar-refractivity contribution in [2.45, 2.75) is 88.9 Å². The number of likely N-dealkylation sites (tertiary alicyclic amines) is 2. The first-order valence-corrected chi connectivity index (χ1v) is 22.4. The molecule has 2 aromatic heterocycles. The Morgan fingerprint density at radius 1 is 0.803 bits per heavy atom. The Morgan fingerprint density at radius 2 is 1.55 bits per heavy atom. The second-order valence-corrected chi connectivity index (χ2v) is 17.0. The Morgan fingerprint density at radius 3 is 2.32 bits per heavy atom. The predicted molar refractivity (Wildman–Crippen MR) is 246 cm³/mol. The molecule has 0 saturated carbocycles. The molecule has 1 unspecified atom stereocenters. The number of H-pyrrole nitrogens is 2. The Bertz CT molecular complexity index is 2770. The fourth-order valence-corrected chi connectivity index (χ4v) is 9.70. The van der Waals surface area contributed by atoms with Crippen LogP contribution in [0, 0.1) is 0 Å². The number of nitrogens with one attached hydrogen (secondary N) is 4. The highest BCUT2D eigenvalue weighted by atomic mass is 16.5. The van der Waals surface area contributed by atoms with Gasteiger partial charge in [0, 0.05) is 30.8 Å². The summed E-state index contributed by atoms with van der Waals surface area (Å²) in [6.45, 7) is 4.73. The number of rotatable bonds is 12. The summed E-state index contributed by atoms with van der Waals surface area (Å²) in [5, 5.41) is 5.40. The molecule has 5 heterocycles. The molecule has 66 heavy (non-hydrogen) atoms. The first-order chi connectivity index (χ1) is 32.1. The van der Waals surface area contributed by atoms with Gasteiger partial charge < -0.3 is 49.3 Å². The number of hydrogen-bond acceptors (Lipinski definition) is 10. The summed E-state index contributed by atoms with van der Waals surface area (Å²) in [5.74, 6) is 1.68. The van der Waals surface area contributed by atoms with Crippen LogP contribution in [0.4, 0.5) is 9.59 Å². The summed E-state index contributed by atoms with van der Waals surface area (Å²) >= 11 is 0. The quantitative estimate of drug-likeness (QED) is 0.0932. The number of aromatic amines is 2. The zero-order valence-electron chi connectivity index (χ0n) is 37.6. The van der Waals surface area contributed by atoms with Gasteiger partial charge in [0.25, 0.3) is 5.91 Å². The van der Waals surface area contributed by atoms with Crippen molar-refractivity contribution in [3.8, 4) is 39.3 Å². The molecular weight excluding hydrogens is 841 g/mol. The van der Waals surface area contributed by atoms with E-state index in [1.54, 1.807) is 18.0 Å². The van der Waals surface area contributed by atoms with Gasteiger partial charge in [0.05, 0.1) is 55.3 Å². The number of aromatic nitrogens is 4. The van der Waals surface area contributed by atoms with E-state index >= 15 is 0 Å². The summed E-state index contributed by atoms with van der Waals surface area (Å²) in [4.78, 5) is 73.0. The molecule has 0 spiro atoms. The third-order valence-corrected chi connectivity index (χ3v) is 13.3. The van der Waals surface area contributed by atoms with Gasteiger partial charge >= 0.3 is 12.2 Å². The molecule has 4 amide bonds. The van der Waals surface area contributed by atoms with Crippen molar-refractivity contribution < 1.29 is 38.1 Å². The van der Waals surface area contributed by atoms with E-state index in [2.05, 4.69) is 63.9 Å². The molecule has 342 valence electrons. The maximum absolute atomic E-state index is 14.4. The molecular formula is C50H54N8O8. The topological polar surface area (TPSA) is 193 Å².